The minimum absolute atomic E-state index is 0.249. The molecular formula is C22H42O11. The maximum absolute atomic E-state index is 10.9. The second-order valence-corrected chi connectivity index (χ2v) is 6.26. The number of hydrogen-bond donors (Lipinski definition) is 0. The van der Waals surface area contributed by atoms with Crippen molar-refractivity contribution >= 4 is 5.97 Å². The van der Waals surface area contributed by atoms with Crippen molar-refractivity contribution in [3.63, 3.8) is 0 Å². The Morgan fingerprint density at radius 1 is 0.515 bits per heavy atom. The molecule has 196 valence electrons. The van der Waals surface area contributed by atoms with Gasteiger partial charge in [-0.2, -0.15) is 0 Å². The third kappa shape index (κ3) is 28.7. The van der Waals surface area contributed by atoms with Crippen molar-refractivity contribution in [3.05, 3.63) is 12.8 Å². The van der Waals surface area contributed by atoms with Gasteiger partial charge in [0.1, 0.15) is 6.61 Å². The van der Waals surface area contributed by atoms with Crippen molar-refractivity contribution in [1.82, 2.24) is 0 Å². The summed E-state index contributed by atoms with van der Waals surface area (Å²) in [7, 11) is 1.35. The molecule has 0 aliphatic carbocycles. The van der Waals surface area contributed by atoms with E-state index < -0.39 is 0 Å². The van der Waals surface area contributed by atoms with E-state index >= 15 is 0 Å². The Balaban J connectivity index is 3.02. The highest BCUT2D eigenvalue weighted by atomic mass is 16.6. The van der Waals surface area contributed by atoms with Gasteiger partial charge in [-0.1, -0.05) is 6.58 Å². The van der Waals surface area contributed by atoms with E-state index in [1.54, 1.807) is 0 Å². The molecule has 11 nitrogen and oxygen atoms in total. The average Bonchev–Trinajstić information content (AvgIpc) is 2.83. The molecule has 0 spiro atoms. The second kappa shape index (κ2) is 28.7. The Morgan fingerprint density at radius 2 is 0.788 bits per heavy atom. The van der Waals surface area contributed by atoms with Gasteiger partial charge in [-0.15, -0.1) is 0 Å². The first-order valence-corrected chi connectivity index (χ1v) is 11.2. The van der Waals surface area contributed by atoms with Crippen molar-refractivity contribution < 1.29 is 52.2 Å². The van der Waals surface area contributed by atoms with Crippen molar-refractivity contribution in [1.29, 1.82) is 0 Å². The maximum atomic E-state index is 10.9. The number of rotatable bonds is 28. The highest BCUT2D eigenvalue weighted by Gasteiger charge is 1.99. The lowest BCUT2D eigenvalue weighted by atomic mass is 10.5. The summed E-state index contributed by atoms with van der Waals surface area (Å²) in [5.74, 6) is -0.283. The van der Waals surface area contributed by atoms with Gasteiger partial charge in [-0.05, 0) is 0 Å². The van der Waals surface area contributed by atoms with Gasteiger partial charge in [-0.3, -0.25) is 4.79 Å². The largest absolute Gasteiger partial charge is 0.499 e. The van der Waals surface area contributed by atoms with Crippen LogP contribution in [0.4, 0.5) is 0 Å². The topological polar surface area (TPSA) is 109 Å². The van der Waals surface area contributed by atoms with Crippen LogP contribution in [0.1, 0.15) is 6.42 Å². The van der Waals surface area contributed by atoms with E-state index in [4.69, 9.17) is 42.6 Å². The molecule has 0 aromatic carbocycles. The summed E-state index contributed by atoms with van der Waals surface area (Å²) >= 11 is 0. The van der Waals surface area contributed by atoms with Crippen LogP contribution in [-0.2, 0) is 52.2 Å². The molecule has 0 rings (SSSR count). The van der Waals surface area contributed by atoms with E-state index in [0.29, 0.717) is 112 Å². The molecule has 0 saturated carbocycles. The number of ether oxygens (including phenoxy) is 10. The second-order valence-electron chi connectivity index (χ2n) is 6.26. The van der Waals surface area contributed by atoms with Crippen LogP contribution in [0.15, 0.2) is 12.8 Å². The van der Waals surface area contributed by atoms with Crippen LogP contribution in [0.5, 0.6) is 0 Å². The molecule has 0 unspecified atom stereocenters. The molecule has 0 N–H and O–H groups in total. The third-order valence-electron chi connectivity index (χ3n) is 3.75. The summed E-state index contributed by atoms with van der Waals surface area (Å²) in [6.07, 6.45) is 1.64. The van der Waals surface area contributed by atoms with Crippen LogP contribution < -0.4 is 0 Å². The predicted octanol–water partition coefficient (Wildman–Crippen LogP) is 0.842. The van der Waals surface area contributed by atoms with Crippen LogP contribution in [0, 0.1) is 0 Å². The molecule has 0 fully saturated rings. The highest BCUT2D eigenvalue weighted by molar-refractivity contribution is 5.69. The quantitative estimate of drug-likeness (QED) is 0.0899. The normalized spacial score (nSPS) is 10.9. The van der Waals surface area contributed by atoms with Gasteiger partial charge in [-0.25, -0.2) is 0 Å². The Bertz CT molecular complexity index is 410. The SMILES string of the molecule is C=COCCOCCOCCOCCOCCOCCOCCOCCOCCC(=O)OC. The Hall–Kier alpha value is -1.31. The number of hydrogen-bond acceptors (Lipinski definition) is 11. The molecule has 0 aromatic rings. The molecule has 11 heteroatoms. The first kappa shape index (κ1) is 31.7. The van der Waals surface area contributed by atoms with Crippen LogP contribution in [0.25, 0.3) is 0 Å². The Morgan fingerprint density at radius 3 is 1.06 bits per heavy atom. The van der Waals surface area contributed by atoms with E-state index in [2.05, 4.69) is 11.3 Å². The highest BCUT2D eigenvalue weighted by Crippen LogP contribution is 1.88. The summed E-state index contributed by atoms with van der Waals surface area (Å²) in [6.45, 7) is 11.8. The van der Waals surface area contributed by atoms with Gasteiger partial charge in [0, 0.05) is 0 Å². The third-order valence-corrected chi connectivity index (χ3v) is 3.75. The van der Waals surface area contributed by atoms with E-state index in [1.807, 2.05) is 0 Å². The molecule has 0 radical (unpaired) electrons. The van der Waals surface area contributed by atoms with Gasteiger partial charge in [0.25, 0.3) is 0 Å². The first-order valence-electron chi connectivity index (χ1n) is 11.2. The molecular weight excluding hydrogens is 440 g/mol. The van der Waals surface area contributed by atoms with Gasteiger partial charge in [0.15, 0.2) is 0 Å². The van der Waals surface area contributed by atoms with Crippen LogP contribution in [0.3, 0.4) is 0 Å². The van der Waals surface area contributed by atoms with E-state index in [9.17, 15) is 4.79 Å². The summed E-state index contributed by atoms with van der Waals surface area (Å²) < 4.78 is 52.3. The lowest BCUT2D eigenvalue weighted by Crippen LogP contribution is -2.15. The molecule has 0 aliphatic rings. The van der Waals surface area contributed by atoms with Gasteiger partial charge < -0.3 is 47.4 Å². The zero-order valence-corrected chi connectivity index (χ0v) is 20.0. The zero-order valence-electron chi connectivity index (χ0n) is 20.0. The monoisotopic (exact) mass is 482 g/mol. The van der Waals surface area contributed by atoms with E-state index in [0.717, 1.165) is 0 Å². The van der Waals surface area contributed by atoms with Crippen LogP contribution in [-0.4, -0.2) is 125 Å². The smallest absolute Gasteiger partial charge is 0.307 e. The van der Waals surface area contributed by atoms with Crippen LogP contribution >= 0.6 is 0 Å². The number of carbonyl (C=O) groups excluding carboxylic acids is 1. The zero-order chi connectivity index (χ0) is 24.1. The fourth-order valence-corrected chi connectivity index (χ4v) is 2.09. The molecule has 0 aromatic heterocycles. The fourth-order valence-electron chi connectivity index (χ4n) is 2.09. The molecule has 0 amide bonds. The van der Waals surface area contributed by atoms with Crippen molar-refractivity contribution in [2.45, 2.75) is 6.42 Å². The predicted molar refractivity (Wildman–Crippen MR) is 119 cm³/mol. The van der Waals surface area contributed by atoms with Gasteiger partial charge >= 0.3 is 5.97 Å². The molecule has 0 aliphatic heterocycles. The Labute approximate surface area is 197 Å². The van der Waals surface area contributed by atoms with Gasteiger partial charge in [0.2, 0.25) is 0 Å². The van der Waals surface area contributed by atoms with Crippen molar-refractivity contribution in [3.8, 4) is 0 Å². The van der Waals surface area contributed by atoms with E-state index in [1.165, 1.54) is 13.4 Å². The molecule has 0 heterocycles. The number of methoxy groups -OCH3 is 1. The standard InChI is InChI=1S/C22H42O11/c1-3-25-6-7-27-10-11-29-14-15-31-18-19-33-21-20-32-17-16-30-13-12-28-9-8-26-5-4-22(23)24-2/h3H,1,4-21H2,2H3. The summed E-state index contributed by atoms with van der Waals surface area (Å²) in [4.78, 5) is 10.9. The Kier molecular flexibility index (Phi) is 27.6. The average molecular weight is 483 g/mol. The lowest BCUT2D eigenvalue weighted by Gasteiger charge is -2.08. The van der Waals surface area contributed by atoms with E-state index in [-0.39, 0.29) is 12.4 Å². The summed E-state index contributed by atoms with van der Waals surface area (Å²) in [5, 5.41) is 0. The van der Waals surface area contributed by atoms with Gasteiger partial charge in [0.05, 0.1) is 126 Å². The molecule has 0 bridgehead atoms. The summed E-state index contributed by atoms with van der Waals surface area (Å²) in [5.41, 5.74) is 0. The van der Waals surface area contributed by atoms with Crippen molar-refractivity contribution in [2.75, 3.05) is 119 Å². The molecule has 33 heavy (non-hydrogen) atoms. The minimum atomic E-state index is -0.283. The maximum Gasteiger partial charge on any atom is 0.307 e. The van der Waals surface area contributed by atoms with Crippen molar-refractivity contribution in [2.24, 2.45) is 0 Å². The number of esters is 1. The molecule has 0 atom stereocenters. The minimum Gasteiger partial charge on any atom is -0.499 e. The summed E-state index contributed by atoms with van der Waals surface area (Å²) in [6, 6.07) is 0. The van der Waals surface area contributed by atoms with Crippen LogP contribution in [0.2, 0.25) is 0 Å². The first-order chi connectivity index (χ1) is 16.3. The number of carbonyl (C=O) groups is 1. The molecule has 0 saturated heterocycles. The fraction of sp³-hybridized carbons (Fsp3) is 0.864. The lowest BCUT2D eigenvalue weighted by molar-refractivity contribution is -0.141.